The number of halogens is 1. The predicted molar refractivity (Wildman–Crippen MR) is 73.9 cm³/mol. The molecule has 100 valence electrons. The lowest BCUT2D eigenvalue weighted by Gasteiger charge is -2.05. The summed E-state index contributed by atoms with van der Waals surface area (Å²) in [6, 6.07) is 10.0. The number of nitrogens with zero attached hydrogens (tertiary/aromatic N) is 2. The van der Waals surface area contributed by atoms with E-state index in [-0.39, 0.29) is 0 Å². The van der Waals surface area contributed by atoms with Crippen molar-refractivity contribution in [3.8, 4) is 0 Å². The van der Waals surface area contributed by atoms with Crippen molar-refractivity contribution in [3.05, 3.63) is 47.1 Å². The summed E-state index contributed by atoms with van der Waals surface area (Å²) in [4.78, 5) is 0.308. The normalized spacial score (nSPS) is 11.3. The van der Waals surface area contributed by atoms with E-state index in [1.807, 2.05) is 0 Å². The van der Waals surface area contributed by atoms with Crippen LogP contribution in [0.25, 0.3) is 0 Å². The van der Waals surface area contributed by atoms with Crippen molar-refractivity contribution in [2.75, 3.05) is 11.6 Å². The van der Waals surface area contributed by atoms with Gasteiger partial charge in [0.15, 0.2) is 15.0 Å². The molecule has 0 unspecified atom stereocenters. The van der Waals surface area contributed by atoms with Crippen molar-refractivity contribution in [1.29, 1.82) is 0 Å². The zero-order chi connectivity index (χ0) is 13.9. The first-order valence-corrected chi connectivity index (χ1v) is 7.74. The van der Waals surface area contributed by atoms with Crippen molar-refractivity contribution in [2.45, 2.75) is 11.4 Å². The lowest BCUT2D eigenvalue weighted by molar-refractivity contribution is 0.602. The van der Waals surface area contributed by atoms with Gasteiger partial charge in [0.2, 0.25) is 0 Å². The van der Waals surface area contributed by atoms with Crippen LogP contribution in [0.1, 0.15) is 5.56 Å². The van der Waals surface area contributed by atoms with Gasteiger partial charge in [0.1, 0.15) is 5.82 Å². The van der Waals surface area contributed by atoms with Crippen LogP contribution >= 0.6 is 11.6 Å². The largest absolute Gasteiger partial charge is 0.365 e. The van der Waals surface area contributed by atoms with Crippen LogP contribution in [0, 0.1) is 0 Å². The maximum atomic E-state index is 11.3. The van der Waals surface area contributed by atoms with Crippen LogP contribution in [0.5, 0.6) is 0 Å². The molecule has 0 aliphatic rings. The molecule has 5 nitrogen and oxygen atoms in total. The summed E-state index contributed by atoms with van der Waals surface area (Å²) < 4.78 is 22.6. The molecule has 0 atom stereocenters. The smallest absolute Gasteiger partial charge is 0.175 e. The SMILES string of the molecule is CS(=O)(=O)c1ccc(CNc2ccc(Cl)nn2)cc1. The Labute approximate surface area is 116 Å². The minimum atomic E-state index is -3.15. The highest BCUT2D eigenvalue weighted by molar-refractivity contribution is 7.90. The Morgan fingerprint density at radius 1 is 1.11 bits per heavy atom. The fraction of sp³-hybridized carbons (Fsp3) is 0.167. The first-order chi connectivity index (χ1) is 8.95. The van der Waals surface area contributed by atoms with Gasteiger partial charge in [-0.15, -0.1) is 10.2 Å². The number of nitrogens with one attached hydrogen (secondary N) is 1. The molecule has 0 fully saturated rings. The molecule has 1 N–H and O–H groups in total. The van der Waals surface area contributed by atoms with E-state index in [0.717, 1.165) is 5.56 Å². The molecule has 1 aromatic carbocycles. The summed E-state index contributed by atoms with van der Waals surface area (Å²) in [5.41, 5.74) is 0.948. The number of hydrogen-bond acceptors (Lipinski definition) is 5. The summed E-state index contributed by atoms with van der Waals surface area (Å²) in [5, 5.41) is 11.0. The Kier molecular flexibility index (Phi) is 4.01. The molecule has 0 spiro atoms. The van der Waals surface area contributed by atoms with E-state index in [4.69, 9.17) is 11.6 Å². The number of rotatable bonds is 4. The van der Waals surface area contributed by atoms with Gasteiger partial charge >= 0.3 is 0 Å². The van der Waals surface area contributed by atoms with Crippen LogP contribution in [-0.4, -0.2) is 24.9 Å². The molecule has 7 heteroatoms. The van der Waals surface area contributed by atoms with E-state index >= 15 is 0 Å². The monoisotopic (exact) mass is 297 g/mol. The van der Waals surface area contributed by atoms with Gasteiger partial charge in [-0.2, -0.15) is 0 Å². The number of anilines is 1. The molecule has 0 radical (unpaired) electrons. The van der Waals surface area contributed by atoms with Gasteiger partial charge in [-0.1, -0.05) is 23.7 Å². The minimum Gasteiger partial charge on any atom is -0.365 e. The van der Waals surface area contributed by atoms with Crippen molar-refractivity contribution >= 4 is 27.3 Å². The van der Waals surface area contributed by atoms with E-state index in [0.29, 0.717) is 22.4 Å². The molecule has 1 heterocycles. The van der Waals surface area contributed by atoms with Crippen molar-refractivity contribution in [1.82, 2.24) is 10.2 Å². The highest BCUT2D eigenvalue weighted by Gasteiger charge is 2.06. The third-order valence-electron chi connectivity index (χ3n) is 2.46. The summed E-state index contributed by atoms with van der Waals surface area (Å²) in [6.45, 7) is 0.528. The zero-order valence-electron chi connectivity index (χ0n) is 10.2. The molecule has 0 aliphatic heterocycles. The van der Waals surface area contributed by atoms with E-state index < -0.39 is 9.84 Å². The lowest BCUT2D eigenvalue weighted by Crippen LogP contribution is -2.03. The Hall–Kier alpha value is -1.66. The molecule has 0 saturated carbocycles. The van der Waals surface area contributed by atoms with Gasteiger partial charge in [0.05, 0.1) is 4.90 Å². The Morgan fingerprint density at radius 3 is 2.32 bits per heavy atom. The standard InChI is InChI=1S/C12H12ClN3O2S/c1-19(17,18)10-4-2-9(3-5-10)8-14-12-7-6-11(13)15-16-12/h2-7H,8H2,1H3,(H,14,16). The van der Waals surface area contributed by atoms with Crippen LogP contribution in [-0.2, 0) is 16.4 Å². The molecule has 2 rings (SSSR count). The van der Waals surface area contributed by atoms with Crippen molar-refractivity contribution < 1.29 is 8.42 Å². The maximum absolute atomic E-state index is 11.3. The lowest BCUT2D eigenvalue weighted by atomic mass is 10.2. The molecule has 19 heavy (non-hydrogen) atoms. The van der Waals surface area contributed by atoms with E-state index in [1.165, 1.54) is 6.26 Å². The molecule has 1 aromatic heterocycles. The second kappa shape index (κ2) is 5.54. The highest BCUT2D eigenvalue weighted by Crippen LogP contribution is 2.12. The minimum absolute atomic E-state index is 0.308. The van der Waals surface area contributed by atoms with E-state index in [2.05, 4.69) is 15.5 Å². The number of aromatic nitrogens is 2. The molecule has 0 bridgehead atoms. The van der Waals surface area contributed by atoms with Gasteiger partial charge in [-0.05, 0) is 29.8 Å². The van der Waals surface area contributed by atoms with Crippen LogP contribution < -0.4 is 5.32 Å². The molecular weight excluding hydrogens is 286 g/mol. The van der Waals surface area contributed by atoms with Gasteiger partial charge in [0, 0.05) is 12.8 Å². The molecule has 0 aliphatic carbocycles. The first kappa shape index (κ1) is 13.8. The van der Waals surface area contributed by atoms with E-state index in [9.17, 15) is 8.42 Å². The van der Waals surface area contributed by atoms with Crippen molar-refractivity contribution in [2.24, 2.45) is 0 Å². The van der Waals surface area contributed by atoms with Crippen LogP contribution in [0.2, 0.25) is 5.15 Å². The highest BCUT2D eigenvalue weighted by atomic mass is 35.5. The second-order valence-electron chi connectivity index (χ2n) is 4.01. The van der Waals surface area contributed by atoms with Gasteiger partial charge in [-0.25, -0.2) is 8.42 Å². The quantitative estimate of drug-likeness (QED) is 0.936. The Balaban J connectivity index is 2.02. The van der Waals surface area contributed by atoms with Crippen LogP contribution in [0.4, 0.5) is 5.82 Å². The van der Waals surface area contributed by atoms with Gasteiger partial charge < -0.3 is 5.32 Å². The molecule has 0 amide bonds. The average molecular weight is 298 g/mol. The van der Waals surface area contributed by atoms with Crippen LogP contribution in [0.3, 0.4) is 0 Å². The Bertz CT molecular complexity index is 654. The molecule has 2 aromatic rings. The second-order valence-corrected chi connectivity index (χ2v) is 6.41. The van der Waals surface area contributed by atoms with E-state index in [1.54, 1.807) is 36.4 Å². The first-order valence-electron chi connectivity index (χ1n) is 5.47. The number of hydrogen-bond donors (Lipinski definition) is 1. The summed E-state index contributed by atoms with van der Waals surface area (Å²) in [5.74, 6) is 0.608. The molecular formula is C12H12ClN3O2S. The topological polar surface area (TPSA) is 72.0 Å². The Morgan fingerprint density at radius 2 is 1.79 bits per heavy atom. The van der Waals surface area contributed by atoms with Gasteiger partial charge in [-0.3, -0.25) is 0 Å². The summed E-state index contributed by atoms with van der Waals surface area (Å²) >= 11 is 5.63. The third kappa shape index (κ3) is 3.90. The molecule has 0 saturated heterocycles. The summed E-state index contributed by atoms with van der Waals surface area (Å²) in [7, 11) is -3.15. The zero-order valence-corrected chi connectivity index (χ0v) is 11.7. The fourth-order valence-corrected chi connectivity index (χ4v) is 2.19. The van der Waals surface area contributed by atoms with Gasteiger partial charge in [0.25, 0.3) is 0 Å². The number of sulfone groups is 1. The average Bonchev–Trinajstić information content (AvgIpc) is 2.37. The fourth-order valence-electron chi connectivity index (χ4n) is 1.46. The third-order valence-corrected chi connectivity index (χ3v) is 3.79. The number of benzene rings is 1. The maximum Gasteiger partial charge on any atom is 0.175 e. The van der Waals surface area contributed by atoms with Crippen molar-refractivity contribution in [3.63, 3.8) is 0 Å². The van der Waals surface area contributed by atoms with Crippen LogP contribution in [0.15, 0.2) is 41.3 Å². The predicted octanol–water partition coefficient (Wildman–Crippen LogP) is 2.15. The summed E-state index contributed by atoms with van der Waals surface area (Å²) in [6.07, 6.45) is 1.18.